The van der Waals surface area contributed by atoms with E-state index in [2.05, 4.69) is 187 Å². The summed E-state index contributed by atoms with van der Waals surface area (Å²) >= 11 is 0. The van der Waals surface area contributed by atoms with E-state index in [1.165, 1.54) is 60.0 Å². The molecule has 0 aliphatic heterocycles. The van der Waals surface area contributed by atoms with Gasteiger partial charge in [0.2, 0.25) is 0 Å². The van der Waals surface area contributed by atoms with Crippen LogP contribution in [0.2, 0.25) is 0 Å². The van der Waals surface area contributed by atoms with Crippen molar-refractivity contribution in [1.82, 2.24) is 0 Å². The summed E-state index contributed by atoms with van der Waals surface area (Å²) in [4.78, 5) is 2.36. The Kier molecular flexibility index (Phi) is 6.53. The number of fused-ring (bicyclic) bond motifs is 10. The maximum Gasteiger partial charge on any atom is 0.136 e. The third kappa shape index (κ3) is 4.43. The first-order valence-corrected chi connectivity index (χ1v) is 17.1. The Hall–Kier alpha value is -6.64. The van der Waals surface area contributed by atoms with Crippen LogP contribution >= 0.6 is 0 Å². The first-order valence-electron chi connectivity index (χ1n) is 17.1. The van der Waals surface area contributed by atoms with Gasteiger partial charge in [-0.2, -0.15) is 0 Å². The average Bonchev–Trinajstić information content (AvgIpc) is 3.58. The van der Waals surface area contributed by atoms with Gasteiger partial charge in [-0.25, -0.2) is 0 Å². The molecule has 9 aromatic carbocycles. The molecule has 0 N–H and O–H groups in total. The number of nitrogens with zero attached hydrogens (tertiary/aromatic N) is 1. The van der Waals surface area contributed by atoms with E-state index in [0.29, 0.717) is 0 Å². The van der Waals surface area contributed by atoms with Gasteiger partial charge in [-0.1, -0.05) is 140 Å². The molecular weight excluding hydrogens is 607 g/mol. The molecule has 10 aromatic rings. The lowest BCUT2D eigenvalue weighted by atomic mass is 9.88. The molecule has 0 saturated carbocycles. The predicted molar refractivity (Wildman–Crippen MR) is 212 cm³/mol. The molecule has 2 heteroatoms. The van der Waals surface area contributed by atoms with Crippen molar-refractivity contribution in [3.05, 3.63) is 188 Å². The zero-order chi connectivity index (χ0) is 33.0. The summed E-state index contributed by atoms with van der Waals surface area (Å²) in [5.41, 5.74) is 9.99. The van der Waals surface area contributed by atoms with Crippen molar-refractivity contribution in [1.29, 1.82) is 0 Å². The molecule has 0 unspecified atom stereocenters. The van der Waals surface area contributed by atoms with Gasteiger partial charge in [0.15, 0.2) is 0 Å². The van der Waals surface area contributed by atoms with E-state index >= 15 is 0 Å². The summed E-state index contributed by atoms with van der Waals surface area (Å²) in [6.45, 7) is 0. The van der Waals surface area contributed by atoms with Gasteiger partial charge in [0.05, 0.1) is 5.69 Å². The maximum absolute atomic E-state index is 6.34. The lowest BCUT2D eigenvalue weighted by Gasteiger charge is -2.28. The Bertz CT molecular complexity index is 2820. The number of hydrogen-bond donors (Lipinski definition) is 0. The minimum absolute atomic E-state index is 0.920. The third-order valence-corrected chi connectivity index (χ3v) is 10.0. The molecule has 10 rings (SSSR count). The molecule has 0 saturated heterocycles. The van der Waals surface area contributed by atoms with E-state index in [-0.39, 0.29) is 0 Å². The van der Waals surface area contributed by atoms with E-state index in [1.807, 2.05) is 6.07 Å². The van der Waals surface area contributed by atoms with Gasteiger partial charge in [-0.3, -0.25) is 0 Å². The van der Waals surface area contributed by atoms with Crippen LogP contribution in [0.4, 0.5) is 17.1 Å². The van der Waals surface area contributed by atoms with E-state index in [0.717, 1.165) is 33.6 Å². The molecule has 0 radical (unpaired) electrons. The molecule has 50 heavy (non-hydrogen) atoms. The second kappa shape index (κ2) is 11.5. The van der Waals surface area contributed by atoms with Gasteiger partial charge in [-0.15, -0.1) is 0 Å². The third-order valence-electron chi connectivity index (χ3n) is 10.0. The Balaban J connectivity index is 1.18. The average molecular weight is 638 g/mol. The summed E-state index contributed by atoms with van der Waals surface area (Å²) in [5.74, 6) is 0. The highest BCUT2D eigenvalue weighted by Gasteiger charge is 2.20. The molecule has 0 spiro atoms. The number of furan rings is 1. The zero-order valence-electron chi connectivity index (χ0n) is 27.3. The van der Waals surface area contributed by atoms with Crippen molar-refractivity contribution in [2.75, 3.05) is 4.90 Å². The smallest absolute Gasteiger partial charge is 0.136 e. The molecule has 0 bridgehead atoms. The van der Waals surface area contributed by atoms with Gasteiger partial charge in [0, 0.05) is 33.1 Å². The number of hydrogen-bond acceptors (Lipinski definition) is 2. The molecule has 234 valence electrons. The highest BCUT2D eigenvalue weighted by Crippen LogP contribution is 2.46. The van der Waals surface area contributed by atoms with Crippen LogP contribution in [0.15, 0.2) is 192 Å². The quantitative estimate of drug-likeness (QED) is 0.175. The van der Waals surface area contributed by atoms with Crippen LogP contribution in [0.5, 0.6) is 0 Å². The normalized spacial score (nSPS) is 11.6. The summed E-state index contributed by atoms with van der Waals surface area (Å²) < 4.78 is 6.34. The van der Waals surface area contributed by atoms with E-state index in [9.17, 15) is 0 Å². The number of benzene rings is 9. The van der Waals surface area contributed by atoms with Crippen LogP contribution in [0.1, 0.15) is 0 Å². The second-order valence-corrected chi connectivity index (χ2v) is 12.8. The molecule has 0 fully saturated rings. The van der Waals surface area contributed by atoms with Gasteiger partial charge in [-0.05, 0) is 92.2 Å². The van der Waals surface area contributed by atoms with Gasteiger partial charge >= 0.3 is 0 Å². The lowest BCUT2D eigenvalue weighted by Crippen LogP contribution is -2.11. The Morgan fingerprint density at radius 3 is 1.62 bits per heavy atom. The molecule has 1 heterocycles. The van der Waals surface area contributed by atoms with Gasteiger partial charge < -0.3 is 9.32 Å². The highest BCUT2D eigenvalue weighted by molar-refractivity contribution is 6.36. The molecule has 1 aromatic heterocycles. The summed E-state index contributed by atoms with van der Waals surface area (Å²) in [5, 5.41) is 9.82. The van der Waals surface area contributed by atoms with Gasteiger partial charge in [0.25, 0.3) is 0 Å². The number of para-hydroxylation sites is 3. The molecule has 2 nitrogen and oxygen atoms in total. The van der Waals surface area contributed by atoms with E-state index < -0.39 is 0 Å². The summed E-state index contributed by atoms with van der Waals surface area (Å²) in [7, 11) is 0. The highest BCUT2D eigenvalue weighted by atomic mass is 16.3. The van der Waals surface area contributed by atoms with E-state index in [4.69, 9.17) is 4.42 Å². The first kappa shape index (κ1) is 28.4. The second-order valence-electron chi connectivity index (χ2n) is 12.8. The Morgan fingerprint density at radius 1 is 0.300 bits per heavy atom. The molecular formula is C48H31NO. The zero-order valence-corrected chi connectivity index (χ0v) is 27.3. The monoisotopic (exact) mass is 637 g/mol. The minimum Gasteiger partial charge on any atom is -0.456 e. The van der Waals surface area contributed by atoms with Crippen LogP contribution in [0.25, 0.3) is 76.5 Å². The van der Waals surface area contributed by atoms with Crippen molar-refractivity contribution in [3.63, 3.8) is 0 Å². The van der Waals surface area contributed by atoms with Crippen molar-refractivity contribution in [2.45, 2.75) is 0 Å². The van der Waals surface area contributed by atoms with Crippen LogP contribution < -0.4 is 4.90 Å². The van der Waals surface area contributed by atoms with Crippen LogP contribution in [-0.2, 0) is 0 Å². The fourth-order valence-electron chi connectivity index (χ4n) is 7.87. The molecule has 0 aliphatic rings. The number of rotatable bonds is 5. The standard InChI is InChI=1S/C48H31NO/c1-3-14-32(15-4-1)36-18-9-11-24-43(36)49(34-16-5-2-6-17-34)35-28-26-33(27-29-35)37-22-13-23-39-41-30-31-45-48(42-21-10-12-25-44(42)50-45)47(41)40-20-8-7-19-38(40)46(37)39/h1-31H. The SMILES string of the molecule is c1ccc(-c2ccccc2N(c2ccccc2)c2ccc(-c3cccc4c5ccc6oc7ccccc7c6c5c5ccccc5c34)cc2)cc1. The Morgan fingerprint density at radius 2 is 0.840 bits per heavy atom. The van der Waals surface area contributed by atoms with E-state index in [1.54, 1.807) is 0 Å². The fraction of sp³-hybridized carbons (Fsp3) is 0. The van der Waals surface area contributed by atoms with Crippen LogP contribution in [0.3, 0.4) is 0 Å². The maximum atomic E-state index is 6.34. The topological polar surface area (TPSA) is 16.4 Å². The lowest BCUT2D eigenvalue weighted by molar-refractivity contribution is 0.669. The van der Waals surface area contributed by atoms with Crippen molar-refractivity contribution in [2.24, 2.45) is 0 Å². The number of anilines is 3. The fourth-order valence-corrected chi connectivity index (χ4v) is 7.87. The van der Waals surface area contributed by atoms with Crippen LogP contribution in [0, 0.1) is 0 Å². The van der Waals surface area contributed by atoms with Crippen LogP contribution in [-0.4, -0.2) is 0 Å². The largest absolute Gasteiger partial charge is 0.456 e. The molecule has 0 amide bonds. The summed E-state index contributed by atoms with van der Waals surface area (Å²) in [6.07, 6.45) is 0. The van der Waals surface area contributed by atoms with Crippen molar-refractivity contribution in [3.8, 4) is 22.3 Å². The van der Waals surface area contributed by atoms with Gasteiger partial charge in [0.1, 0.15) is 11.2 Å². The summed E-state index contributed by atoms with van der Waals surface area (Å²) in [6, 6.07) is 67.3. The minimum atomic E-state index is 0.920. The predicted octanol–water partition coefficient (Wildman–Crippen LogP) is 13.8. The Labute approximate surface area is 290 Å². The molecule has 0 atom stereocenters. The van der Waals surface area contributed by atoms with Crippen molar-refractivity contribution < 1.29 is 4.42 Å². The van der Waals surface area contributed by atoms with Crippen molar-refractivity contribution >= 4 is 71.3 Å². The first-order chi connectivity index (χ1) is 24.8. The molecule has 0 aliphatic carbocycles.